The highest BCUT2D eigenvalue weighted by molar-refractivity contribution is 6.02. The van der Waals surface area contributed by atoms with Crippen molar-refractivity contribution in [1.82, 2.24) is 10.3 Å². The van der Waals surface area contributed by atoms with E-state index in [0.717, 1.165) is 25.3 Å². The second-order valence-electron chi connectivity index (χ2n) is 9.85. The van der Waals surface area contributed by atoms with E-state index >= 15 is 0 Å². The first-order valence-corrected chi connectivity index (χ1v) is 12.2. The minimum atomic E-state index is -4.57. The van der Waals surface area contributed by atoms with E-state index in [0.29, 0.717) is 28.9 Å². The van der Waals surface area contributed by atoms with Gasteiger partial charge in [-0.05, 0) is 56.9 Å². The third-order valence-electron chi connectivity index (χ3n) is 6.90. The number of ether oxygens (including phenoxy) is 1. The molecule has 0 spiro atoms. The number of aromatic nitrogens is 1. The number of halogens is 3. The molecule has 0 radical (unpaired) electrons. The first-order chi connectivity index (χ1) is 17.6. The molecule has 2 aliphatic rings. The zero-order valence-corrected chi connectivity index (χ0v) is 20.3. The number of para-hydroxylation sites is 3. The Bertz CT molecular complexity index is 1350. The Kier molecular flexibility index (Phi) is 6.43. The summed E-state index contributed by atoms with van der Waals surface area (Å²) in [5.74, 6) is -0.0470. The Morgan fingerprint density at radius 2 is 1.95 bits per heavy atom. The summed E-state index contributed by atoms with van der Waals surface area (Å²) in [6.07, 6.45) is -1.80. The van der Waals surface area contributed by atoms with Gasteiger partial charge in [-0.2, -0.15) is 13.2 Å². The van der Waals surface area contributed by atoms with Gasteiger partial charge in [0.15, 0.2) is 6.61 Å². The smallest absolute Gasteiger partial charge is 0.433 e. The molecule has 1 aliphatic carbocycles. The summed E-state index contributed by atoms with van der Waals surface area (Å²) in [5.41, 5.74) is -0.324. The topological polar surface area (TPSA) is 83.6 Å². The summed E-state index contributed by atoms with van der Waals surface area (Å²) in [7, 11) is 0. The van der Waals surface area contributed by atoms with Crippen molar-refractivity contribution in [3.63, 3.8) is 0 Å². The van der Waals surface area contributed by atoms with E-state index in [1.54, 1.807) is 48.5 Å². The van der Waals surface area contributed by atoms with Gasteiger partial charge in [0.2, 0.25) is 5.91 Å². The Morgan fingerprint density at radius 1 is 1.19 bits per heavy atom. The number of hydrogen-bond donors (Lipinski definition) is 2. The van der Waals surface area contributed by atoms with Crippen LogP contribution in [0, 0.1) is 0 Å². The van der Waals surface area contributed by atoms with Gasteiger partial charge in [-0.15, -0.1) is 0 Å². The maximum Gasteiger partial charge on any atom is 0.433 e. The second kappa shape index (κ2) is 9.57. The number of amides is 2. The van der Waals surface area contributed by atoms with Gasteiger partial charge in [-0.3, -0.25) is 14.5 Å². The minimum Gasteiger partial charge on any atom is -0.482 e. The van der Waals surface area contributed by atoms with Crippen LogP contribution in [0.5, 0.6) is 5.75 Å². The Morgan fingerprint density at radius 3 is 2.76 bits per heavy atom. The SMILES string of the molecule is C[C@@]1(Nc2cc(C(F)(F)F)nc3ccccc23)CCC[C@@H](NC(=O)CN2C(=O)COc3ccccc32)C1. The molecule has 1 aliphatic heterocycles. The largest absolute Gasteiger partial charge is 0.482 e. The van der Waals surface area contributed by atoms with E-state index < -0.39 is 17.4 Å². The summed E-state index contributed by atoms with van der Waals surface area (Å²) < 4.78 is 46.0. The average molecular weight is 513 g/mol. The first kappa shape index (κ1) is 24.9. The lowest BCUT2D eigenvalue weighted by atomic mass is 9.80. The van der Waals surface area contributed by atoms with E-state index in [1.165, 1.54) is 4.90 Å². The molecular weight excluding hydrogens is 485 g/mol. The molecule has 2 aromatic carbocycles. The van der Waals surface area contributed by atoms with Gasteiger partial charge in [0.1, 0.15) is 18.0 Å². The number of hydrogen-bond acceptors (Lipinski definition) is 5. The van der Waals surface area contributed by atoms with E-state index in [-0.39, 0.29) is 36.5 Å². The highest BCUT2D eigenvalue weighted by atomic mass is 19.4. The van der Waals surface area contributed by atoms with Crippen molar-refractivity contribution in [2.24, 2.45) is 0 Å². The standard InChI is InChI=1S/C27H27F3N4O3/c1-26(33-20-13-23(27(28,29)30)32-19-9-3-2-8-18(19)20)12-6-7-17(14-26)31-24(35)15-34-21-10-4-5-11-22(21)37-16-25(34)36/h2-5,8-11,13,17H,6-7,12,14-16H2,1H3,(H,31,35)(H,32,33)/t17-,26-/m1/s1. The summed E-state index contributed by atoms with van der Waals surface area (Å²) in [6.45, 7) is 1.69. The van der Waals surface area contributed by atoms with E-state index in [2.05, 4.69) is 15.6 Å². The van der Waals surface area contributed by atoms with Gasteiger partial charge in [0, 0.05) is 22.7 Å². The Balaban J connectivity index is 1.30. The number of fused-ring (bicyclic) bond motifs is 2. The number of carbonyl (C=O) groups is 2. The lowest BCUT2D eigenvalue weighted by Crippen LogP contribution is -2.51. The van der Waals surface area contributed by atoms with Crippen LogP contribution >= 0.6 is 0 Å². The van der Waals surface area contributed by atoms with Crippen LogP contribution in [0.4, 0.5) is 24.5 Å². The van der Waals surface area contributed by atoms with Crippen LogP contribution in [0.2, 0.25) is 0 Å². The highest BCUT2D eigenvalue weighted by Crippen LogP contribution is 2.37. The number of anilines is 2. The van der Waals surface area contributed by atoms with Gasteiger partial charge in [0.25, 0.3) is 5.91 Å². The highest BCUT2D eigenvalue weighted by Gasteiger charge is 2.37. The van der Waals surface area contributed by atoms with Crippen LogP contribution < -0.4 is 20.3 Å². The van der Waals surface area contributed by atoms with Gasteiger partial charge in [-0.1, -0.05) is 30.3 Å². The molecule has 0 unspecified atom stereocenters. The fourth-order valence-electron chi connectivity index (χ4n) is 5.22. The van der Waals surface area contributed by atoms with E-state index in [4.69, 9.17) is 4.74 Å². The van der Waals surface area contributed by atoms with Crippen LogP contribution in [0.15, 0.2) is 54.6 Å². The Labute approximate surface area is 212 Å². The average Bonchev–Trinajstić information content (AvgIpc) is 2.85. The van der Waals surface area contributed by atoms with Crippen molar-refractivity contribution >= 4 is 34.1 Å². The van der Waals surface area contributed by atoms with Crippen LogP contribution in [0.25, 0.3) is 10.9 Å². The summed E-state index contributed by atoms with van der Waals surface area (Å²) in [6, 6.07) is 14.6. The van der Waals surface area contributed by atoms with Crippen LogP contribution in [-0.4, -0.2) is 41.5 Å². The summed E-state index contributed by atoms with van der Waals surface area (Å²) >= 11 is 0. The number of nitrogens with zero attached hydrogens (tertiary/aromatic N) is 2. The first-order valence-electron chi connectivity index (χ1n) is 12.2. The van der Waals surface area contributed by atoms with E-state index in [1.807, 2.05) is 6.92 Å². The molecule has 10 heteroatoms. The molecule has 7 nitrogen and oxygen atoms in total. The lowest BCUT2D eigenvalue weighted by Gasteiger charge is -2.40. The van der Waals surface area contributed by atoms with Crippen molar-refractivity contribution in [3.05, 3.63) is 60.3 Å². The molecule has 1 fully saturated rings. The molecule has 2 atom stereocenters. The molecular formula is C27H27F3N4O3. The number of rotatable bonds is 5. The molecule has 2 heterocycles. The fourth-order valence-corrected chi connectivity index (χ4v) is 5.22. The molecule has 3 aromatic rings. The Hall–Kier alpha value is -3.82. The van der Waals surface area contributed by atoms with E-state index in [9.17, 15) is 22.8 Å². The number of benzene rings is 2. The zero-order chi connectivity index (χ0) is 26.2. The molecule has 1 aromatic heterocycles. The van der Waals surface area contributed by atoms with Crippen LogP contribution in [-0.2, 0) is 15.8 Å². The molecule has 1 saturated carbocycles. The quantitative estimate of drug-likeness (QED) is 0.508. The summed E-state index contributed by atoms with van der Waals surface area (Å²) in [5, 5.41) is 6.97. The minimum absolute atomic E-state index is 0.129. The second-order valence-corrected chi connectivity index (χ2v) is 9.85. The van der Waals surface area contributed by atoms with Crippen molar-refractivity contribution in [3.8, 4) is 5.75 Å². The molecule has 2 N–H and O–H groups in total. The van der Waals surface area contributed by atoms with Crippen molar-refractivity contribution in [2.75, 3.05) is 23.4 Å². The maximum absolute atomic E-state index is 13.5. The normalized spacial score (nSPS) is 21.8. The van der Waals surface area contributed by atoms with Crippen molar-refractivity contribution in [1.29, 1.82) is 0 Å². The van der Waals surface area contributed by atoms with Gasteiger partial charge in [-0.25, -0.2) is 4.98 Å². The van der Waals surface area contributed by atoms with Crippen molar-refractivity contribution < 1.29 is 27.5 Å². The lowest BCUT2D eigenvalue weighted by molar-refractivity contribution is -0.141. The van der Waals surface area contributed by atoms with Crippen LogP contribution in [0.1, 0.15) is 38.3 Å². The summed E-state index contributed by atoms with van der Waals surface area (Å²) in [4.78, 5) is 30.6. The molecule has 194 valence electrons. The number of alkyl halides is 3. The monoisotopic (exact) mass is 512 g/mol. The molecule has 37 heavy (non-hydrogen) atoms. The number of pyridine rings is 1. The van der Waals surface area contributed by atoms with Crippen molar-refractivity contribution in [2.45, 2.75) is 50.4 Å². The third-order valence-corrected chi connectivity index (χ3v) is 6.90. The molecule has 0 saturated heterocycles. The predicted molar refractivity (Wildman–Crippen MR) is 133 cm³/mol. The third kappa shape index (κ3) is 5.33. The molecule has 0 bridgehead atoms. The number of carbonyl (C=O) groups excluding carboxylic acids is 2. The predicted octanol–water partition coefficient (Wildman–Crippen LogP) is 4.91. The zero-order valence-electron chi connectivity index (χ0n) is 20.3. The number of nitrogens with one attached hydrogen (secondary N) is 2. The van der Waals surface area contributed by atoms with Crippen LogP contribution in [0.3, 0.4) is 0 Å². The molecule has 5 rings (SSSR count). The van der Waals surface area contributed by atoms with Gasteiger partial charge < -0.3 is 15.4 Å². The van der Waals surface area contributed by atoms with Gasteiger partial charge >= 0.3 is 6.18 Å². The molecule has 2 amide bonds. The maximum atomic E-state index is 13.5. The fraction of sp³-hybridized carbons (Fsp3) is 0.370. The van der Waals surface area contributed by atoms with Gasteiger partial charge in [0.05, 0.1) is 11.2 Å².